The molecule has 3 aromatic rings. The van der Waals surface area contributed by atoms with Crippen LogP contribution in [0.2, 0.25) is 0 Å². The van der Waals surface area contributed by atoms with Gasteiger partial charge in [0.25, 0.3) is 5.91 Å². The summed E-state index contributed by atoms with van der Waals surface area (Å²) in [4.78, 5) is 28.4. The second-order valence-corrected chi connectivity index (χ2v) is 7.97. The summed E-state index contributed by atoms with van der Waals surface area (Å²) in [5, 5.41) is 2.97. The predicted molar refractivity (Wildman–Crippen MR) is 133 cm³/mol. The summed E-state index contributed by atoms with van der Waals surface area (Å²) in [7, 11) is 1.60. The highest BCUT2D eigenvalue weighted by Gasteiger charge is 2.30. The number of hydrogen-bond acceptors (Lipinski definition) is 4. The first-order valence-electron chi connectivity index (χ1n) is 11.5. The zero-order valence-corrected chi connectivity index (χ0v) is 19.8. The smallest absolute Gasteiger partial charge is 0.261 e. The SMILES string of the molecule is CCCNC(=O)C(Cc1ccccc1)N(Cc1cccc(OC)c1)C(=O)COc1ccccc1. The zero-order chi connectivity index (χ0) is 24.2. The minimum Gasteiger partial charge on any atom is -0.497 e. The summed E-state index contributed by atoms with van der Waals surface area (Å²) < 4.78 is 11.1. The van der Waals surface area contributed by atoms with E-state index in [0.717, 1.165) is 17.5 Å². The highest BCUT2D eigenvalue weighted by molar-refractivity contribution is 5.88. The van der Waals surface area contributed by atoms with Crippen LogP contribution in [0.15, 0.2) is 84.9 Å². The van der Waals surface area contributed by atoms with Crippen LogP contribution in [0, 0.1) is 0 Å². The Morgan fingerprint density at radius 2 is 1.53 bits per heavy atom. The Bertz CT molecular complexity index is 1040. The number of carbonyl (C=O) groups excluding carboxylic acids is 2. The van der Waals surface area contributed by atoms with Crippen molar-refractivity contribution in [1.82, 2.24) is 10.2 Å². The lowest BCUT2D eigenvalue weighted by Crippen LogP contribution is -2.51. The van der Waals surface area contributed by atoms with Crippen molar-refractivity contribution in [2.75, 3.05) is 20.3 Å². The van der Waals surface area contributed by atoms with Crippen LogP contribution in [0.4, 0.5) is 0 Å². The average Bonchev–Trinajstić information content (AvgIpc) is 2.89. The Morgan fingerprint density at radius 1 is 0.882 bits per heavy atom. The molecule has 0 saturated heterocycles. The summed E-state index contributed by atoms with van der Waals surface area (Å²) >= 11 is 0. The summed E-state index contributed by atoms with van der Waals surface area (Å²) in [6, 6.07) is 25.8. The van der Waals surface area contributed by atoms with Crippen LogP contribution in [-0.4, -0.2) is 43.0 Å². The van der Waals surface area contributed by atoms with E-state index < -0.39 is 6.04 Å². The van der Waals surface area contributed by atoms with Crippen molar-refractivity contribution in [2.45, 2.75) is 32.4 Å². The molecule has 6 heteroatoms. The molecule has 0 aliphatic heterocycles. The molecule has 0 heterocycles. The van der Waals surface area contributed by atoms with Crippen molar-refractivity contribution in [3.05, 3.63) is 96.1 Å². The summed E-state index contributed by atoms with van der Waals surface area (Å²) in [6.07, 6.45) is 1.21. The monoisotopic (exact) mass is 460 g/mol. The summed E-state index contributed by atoms with van der Waals surface area (Å²) in [5.74, 6) is 0.855. The van der Waals surface area contributed by atoms with Gasteiger partial charge in [-0.1, -0.05) is 67.6 Å². The number of para-hydroxylation sites is 1. The van der Waals surface area contributed by atoms with E-state index in [4.69, 9.17) is 9.47 Å². The van der Waals surface area contributed by atoms with Gasteiger partial charge in [-0.2, -0.15) is 0 Å². The molecule has 2 amide bonds. The third-order valence-corrected chi connectivity index (χ3v) is 5.41. The first-order chi connectivity index (χ1) is 16.6. The van der Waals surface area contributed by atoms with E-state index in [-0.39, 0.29) is 25.0 Å². The molecule has 0 bridgehead atoms. The lowest BCUT2D eigenvalue weighted by atomic mass is 10.0. The van der Waals surface area contributed by atoms with Gasteiger partial charge in [-0.3, -0.25) is 9.59 Å². The molecular weight excluding hydrogens is 428 g/mol. The number of carbonyl (C=O) groups is 2. The van der Waals surface area contributed by atoms with Gasteiger partial charge in [0.05, 0.1) is 7.11 Å². The summed E-state index contributed by atoms with van der Waals surface area (Å²) in [5.41, 5.74) is 1.85. The van der Waals surface area contributed by atoms with E-state index in [1.807, 2.05) is 79.7 Å². The zero-order valence-electron chi connectivity index (χ0n) is 19.8. The van der Waals surface area contributed by atoms with Gasteiger partial charge in [-0.25, -0.2) is 0 Å². The molecule has 1 atom stereocenters. The standard InChI is InChI=1S/C28H32N2O4/c1-3-17-29-28(32)26(19-22-11-6-4-7-12-22)30(20-23-13-10-16-25(18-23)33-2)27(31)21-34-24-14-8-5-9-15-24/h4-16,18,26H,3,17,19-21H2,1-2H3,(H,29,32). The highest BCUT2D eigenvalue weighted by atomic mass is 16.5. The van der Waals surface area contributed by atoms with E-state index in [1.54, 1.807) is 24.1 Å². The van der Waals surface area contributed by atoms with Gasteiger partial charge in [-0.15, -0.1) is 0 Å². The molecule has 0 radical (unpaired) electrons. The normalized spacial score (nSPS) is 11.4. The molecule has 1 unspecified atom stereocenters. The molecule has 0 aromatic heterocycles. The van der Waals surface area contributed by atoms with Crippen molar-refractivity contribution >= 4 is 11.8 Å². The quantitative estimate of drug-likeness (QED) is 0.439. The molecule has 0 aliphatic rings. The topological polar surface area (TPSA) is 67.9 Å². The Balaban J connectivity index is 1.90. The van der Waals surface area contributed by atoms with Crippen LogP contribution >= 0.6 is 0 Å². The lowest BCUT2D eigenvalue weighted by molar-refractivity contribution is -0.142. The Kier molecular flexibility index (Phi) is 9.52. The molecule has 34 heavy (non-hydrogen) atoms. The van der Waals surface area contributed by atoms with Crippen molar-refractivity contribution < 1.29 is 19.1 Å². The van der Waals surface area contributed by atoms with Crippen LogP contribution in [0.3, 0.4) is 0 Å². The van der Waals surface area contributed by atoms with Crippen molar-refractivity contribution in [1.29, 1.82) is 0 Å². The minimum absolute atomic E-state index is 0.166. The number of ether oxygens (including phenoxy) is 2. The fourth-order valence-electron chi connectivity index (χ4n) is 3.63. The van der Waals surface area contributed by atoms with Crippen LogP contribution in [0.1, 0.15) is 24.5 Å². The van der Waals surface area contributed by atoms with Crippen LogP contribution < -0.4 is 14.8 Å². The number of benzene rings is 3. The number of amides is 2. The highest BCUT2D eigenvalue weighted by Crippen LogP contribution is 2.19. The Morgan fingerprint density at radius 3 is 2.21 bits per heavy atom. The van der Waals surface area contributed by atoms with Crippen LogP contribution in [0.25, 0.3) is 0 Å². The maximum atomic E-state index is 13.5. The van der Waals surface area contributed by atoms with Crippen molar-refractivity contribution in [3.63, 3.8) is 0 Å². The first-order valence-corrected chi connectivity index (χ1v) is 11.5. The number of rotatable bonds is 12. The summed E-state index contributed by atoms with van der Waals surface area (Å²) in [6.45, 7) is 2.64. The van der Waals surface area contributed by atoms with Crippen LogP contribution in [0.5, 0.6) is 11.5 Å². The molecule has 0 spiro atoms. The molecule has 0 saturated carbocycles. The fraction of sp³-hybridized carbons (Fsp3) is 0.286. The van der Waals surface area contributed by atoms with Crippen LogP contribution in [-0.2, 0) is 22.6 Å². The Hall–Kier alpha value is -3.80. The van der Waals surface area contributed by atoms with Gasteiger partial charge in [0, 0.05) is 19.5 Å². The van der Waals surface area contributed by atoms with Crippen molar-refractivity contribution in [3.8, 4) is 11.5 Å². The van der Waals surface area contributed by atoms with E-state index in [1.165, 1.54) is 0 Å². The third kappa shape index (κ3) is 7.37. The maximum Gasteiger partial charge on any atom is 0.261 e. The molecule has 178 valence electrons. The number of nitrogens with one attached hydrogen (secondary N) is 1. The first kappa shape index (κ1) is 24.8. The second kappa shape index (κ2) is 13.0. The van der Waals surface area contributed by atoms with Crippen molar-refractivity contribution in [2.24, 2.45) is 0 Å². The largest absolute Gasteiger partial charge is 0.497 e. The number of methoxy groups -OCH3 is 1. The van der Waals surface area contributed by atoms with E-state index in [9.17, 15) is 9.59 Å². The van der Waals surface area contributed by atoms with Gasteiger partial charge in [0.2, 0.25) is 5.91 Å². The molecule has 6 nitrogen and oxygen atoms in total. The van der Waals surface area contributed by atoms with E-state index >= 15 is 0 Å². The number of hydrogen-bond donors (Lipinski definition) is 1. The third-order valence-electron chi connectivity index (χ3n) is 5.41. The van der Waals surface area contributed by atoms with Gasteiger partial charge < -0.3 is 19.7 Å². The molecule has 3 aromatic carbocycles. The minimum atomic E-state index is -0.688. The van der Waals surface area contributed by atoms with Gasteiger partial charge in [-0.05, 0) is 41.8 Å². The fourth-order valence-corrected chi connectivity index (χ4v) is 3.63. The molecule has 0 fully saturated rings. The van der Waals surface area contributed by atoms with Gasteiger partial charge in [0.15, 0.2) is 6.61 Å². The Labute approximate surface area is 201 Å². The second-order valence-electron chi connectivity index (χ2n) is 7.97. The van der Waals surface area contributed by atoms with E-state index in [0.29, 0.717) is 24.5 Å². The molecule has 3 rings (SSSR count). The van der Waals surface area contributed by atoms with Gasteiger partial charge >= 0.3 is 0 Å². The number of nitrogens with zero attached hydrogens (tertiary/aromatic N) is 1. The maximum absolute atomic E-state index is 13.5. The predicted octanol–water partition coefficient (Wildman–Crippen LogP) is 4.24. The van der Waals surface area contributed by atoms with Gasteiger partial charge in [0.1, 0.15) is 17.5 Å². The molecule has 1 N–H and O–H groups in total. The lowest BCUT2D eigenvalue weighted by Gasteiger charge is -2.31. The average molecular weight is 461 g/mol. The molecular formula is C28H32N2O4. The van der Waals surface area contributed by atoms with E-state index in [2.05, 4.69) is 5.32 Å². The molecule has 0 aliphatic carbocycles.